The van der Waals surface area contributed by atoms with Crippen LogP contribution >= 0.6 is 0 Å². The van der Waals surface area contributed by atoms with E-state index in [1.165, 1.54) is 0 Å². The van der Waals surface area contributed by atoms with Gasteiger partial charge in [-0.3, -0.25) is 9.59 Å². The van der Waals surface area contributed by atoms with Crippen LogP contribution in [0.2, 0.25) is 0 Å². The largest absolute Gasteiger partial charge is 0.444 e. The summed E-state index contributed by atoms with van der Waals surface area (Å²) in [4.78, 5) is 36.3. The maximum Gasteiger partial charge on any atom is 0.408 e. The minimum atomic E-state index is -0.767. The zero-order valence-corrected chi connectivity index (χ0v) is 16.4. The molecule has 1 fully saturated rings. The van der Waals surface area contributed by atoms with Crippen molar-refractivity contribution in [1.29, 1.82) is 0 Å². The number of hydrogen-bond acceptors (Lipinski definition) is 5. The van der Waals surface area contributed by atoms with Gasteiger partial charge in [-0.15, -0.1) is 0 Å². The zero-order chi connectivity index (χ0) is 19.9. The summed E-state index contributed by atoms with van der Waals surface area (Å²) in [5.74, 6) is -0.478. The molecule has 0 aliphatic carbocycles. The highest BCUT2D eigenvalue weighted by molar-refractivity contribution is 5.86. The first-order valence-electron chi connectivity index (χ1n) is 9.20. The molecule has 1 heterocycles. The average molecular weight is 371 g/mol. The summed E-state index contributed by atoms with van der Waals surface area (Å²) in [6.45, 7) is 9.49. The van der Waals surface area contributed by atoms with Gasteiger partial charge in [0.05, 0.1) is 12.6 Å². The van der Waals surface area contributed by atoms with Crippen molar-refractivity contribution < 1.29 is 24.2 Å². The highest BCUT2D eigenvalue weighted by Crippen LogP contribution is 2.16. The Kier molecular flexibility index (Phi) is 8.33. The molecule has 1 rings (SSSR count). The highest BCUT2D eigenvalue weighted by atomic mass is 16.6. The smallest absolute Gasteiger partial charge is 0.408 e. The first-order chi connectivity index (χ1) is 12.0. The van der Waals surface area contributed by atoms with Crippen LogP contribution < -0.4 is 16.0 Å². The lowest BCUT2D eigenvalue weighted by Crippen LogP contribution is -2.52. The lowest BCUT2D eigenvalue weighted by Gasteiger charge is -2.26. The normalized spacial score (nSPS) is 19.7. The van der Waals surface area contributed by atoms with E-state index >= 15 is 0 Å². The second kappa shape index (κ2) is 9.75. The summed E-state index contributed by atoms with van der Waals surface area (Å²) in [5.41, 5.74) is -0.660. The van der Waals surface area contributed by atoms with Crippen molar-refractivity contribution in [2.75, 3.05) is 13.2 Å². The monoisotopic (exact) mass is 371 g/mol. The molecule has 26 heavy (non-hydrogen) atoms. The molecule has 3 amide bonds. The fourth-order valence-corrected chi connectivity index (χ4v) is 2.85. The van der Waals surface area contributed by atoms with E-state index in [-0.39, 0.29) is 30.3 Å². The molecule has 0 aromatic carbocycles. The van der Waals surface area contributed by atoms with E-state index in [0.29, 0.717) is 25.8 Å². The van der Waals surface area contributed by atoms with E-state index in [0.717, 1.165) is 0 Å². The topological polar surface area (TPSA) is 117 Å². The first kappa shape index (κ1) is 22.2. The van der Waals surface area contributed by atoms with Crippen molar-refractivity contribution in [3.8, 4) is 0 Å². The third-order valence-electron chi connectivity index (χ3n) is 4.01. The van der Waals surface area contributed by atoms with Gasteiger partial charge in [-0.2, -0.15) is 0 Å². The molecular formula is C18H33N3O5. The van der Waals surface area contributed by atoms with Gasteiger partial charge < -0.3 is 25.8 Å². The molecule has 0 spiro atoms. The van der Waals surface area contributed by atoms with Crippen LogP contribution in [0.3, 0.4) is 0 Å². The summed E-state index contributed by atoms with van der Waals surface area (Å²) < 4.78 is 5.22. The Balaban J connectivity index is 2.67. The second-order valence-electron chi connectivity index (χ2n) is 8.23. The van der Waals surface area contributed by atoms with Gasteiger partial charge >= 0.3 is 6.09 Å². The molecule has 1 saturated heterocycles. The molecular weight excluding hydrogens is 338 g/mol. The number of nitrogens with one attached hydrogen (secondary N) is 3. The molecule has 0 unspecified atom stereocenters. The Morgan fingerprint density at radius 1 is 1.31 bits per heavy atom. The van der Waals surface area contributed by atoms with Crippen LogP contribution in [0.4, 0.5) is 4.79 Å². The second-order valence-corrected chi connectivity index (χ2v) is 8.23. The molecule has 8 nitrogen and oxygen atoms in total. The van der Waals surface area contributed by atoms with Crippen LogP contribution in [-0.2, 0) is 14.3 Å². The van der Waals surface area contributed by atoms with Gasteiger partial charge in [0.25, 0.3) is 0 Å². The Labute approximate surface area is 155 Å². The lowest BCUT2D eigenvalue weighted by atomic mass is 9.97. The third-order valence-corrected chi connectivity index (χ3v) is 4.01. The van der Waals surface area contributed by atoms with E-state index < -0.39 is 23.8 Å². The van der Waals surface area contributed by atoms with Crippen molar-refractivity contribution in [2.45, 2.75) is 71.6 Å². The number of amides is 3. The number of ether oxygens (including phenoxy) is 1. The van der Waals surface area contributed by atoms with Gasteiger partial charge in [0.2, 0.25) is 11.8 Å². The van der Waals surface area contributed by atoms with Crippen molar-refractivity contribution in [2.24, 2.45) is 11.8 Å². The first-order valence-corrected chi connectivity index (χ1v) is 9.20. The molecule has 8 heteroatoms. The van der Waals surface area contributed by atoms with Crippen LogP contribution in [0.25, 0.3) is 0 Å². The molecule has 3 atom stereocenters. The number of hydrogen-bond donors (Lipinski definition) is 4. The molecule has 0 bridgehead atoms. The average Bonchev–Trinajstić information content (AvgIpc) is 2.88. The summed E-state index contributed by atoms with van der Waals surface area (Å²) in [6, 6.07) is -1.30. The van der Waals surface area contributed by atoms with Crippen molar-refractivity contribution in [1.82, 2.24) is 16.0 Å². The van der Waals surface area contributed by atoms with Gasteiger partial charge in [0, 0.05) is 12.5 Å². The molecule has 4 N–H and O–H groups in total. The van der Waals surface area contributed by atoms with E-state index in [2.05, 4.69) is 16.0 Å². The number of carbonyl (C=O) groups excluding carboxylic acids is 3. The zero-order valence-electron chi connectivity index (χ0n) is 16.4. The molecule has 0 saturated carbocycles. The van der Waals surface area contributed by atoms with Crippen molar-refractivity contribution >= 4 is 17.9 Å². The predicted octanol–water partition coefficient (Wildman–Crippen LogP) is 0.929. The molecule has 150 valence electrons. The van der Waals surface area contributed by atoms with Crippen LogP contribution in [0.15, 0.2) is 0 Å². The van der Waals surface area contributed by atoms with Gasteiger partial charge in [0.15, 0.2) is 0 Å². The fraction of sp³-hybridized carbons (Fsp3) is 0.833. The van der Waals surface area contributed by atoms with Gasteiger partial charge in [-0.25, -0.2) is 4.79 Å². The number of carbonyl (C=O) groups is 3. The van der Waals surface area contributed by atoms with Gasteiger partial charge in [-0.1, -0.05) is 13.8 Å². The summed E-state index contributed by atoms with van der Waals surface area (Å²) >= 11 is 0. The number of rotatable bonds is 8. The minimum Gasteiger partial charge on any atom is -0.444 e. The molecule has 0 aromatic rings. The molecule has 0 aromatic heterocycles. The number of aliphatic hydroxyl groups is 1. The Morgan fingerprint density at radius 3 is 2.42 bits per heavy atom. The minimum absolute atomic E-state index is 0.0525. The molecule has 0 radical (unpaired) electrons. The summed E-state index contributed by atoms with van der Waals surface area (Å²) in [7, 11) is 0. The maximum absolute atomic E-state index is 12.6. The molecule has 1 aliphatic heterocycles. The van der Waals surface area contributed by atoms with Gasteiger partial charge in [0.1, 0.15) is 11.6 Å². The number of aliphatic hydroxyl groups excluding tert-OH is 1. The van der Waals surface area contributed by atoms with E-state index in [4.69, 9.17) is 4.74 Å². The van der Waals surface area contributed by atoms with E-state index in [9.17, 15) is 19.5 Å². The summed E-state index contributed by atoms with van der Waals surface area (Å²) in [5, 5.41) is 17.7. The summed E-state index contributed by atoms with van der Waals surface area (Å²) in [6.07, 6.45) is 0.841. The third kappa shape index (κ3) is 8.03. The Hall–Kier alpha value is -1.83. The van der Waals surface area contributed by atoms with E-state index in [1.807, 2.05) is 13.8 Å². The van der Waals surface area contributed by atoms with Crippen molar-refractivity contribution in [3.63, 3.8) is 0 Å². The lowest BCUT2D eigenvalue weighted by molar-refractivity contribution is -0.126. The van der Waals surface area contributed by atoms with Crippen molar-refractivity contribution in [3.05, 3.63) is 0 Å². The van der Waals surface area contributed by atoms with Crippen LogP contribution in [0, 0.1) is 11.8 Å². The quantitative estimate of drug-likeness (QED) is 0.506. The van der Waals surface area contributed by atoms with Crippen LogP contribution in [-0.4, -0.2) is 53.9 Å². The Bertz CT molecular complexity index is 502. The highest BCUT2D eigenvalue weighted by Gasteiger charge is 2.30. The van der Waals surface area contributed by atoms with Crippen LogP contribution in [0.5, 0.6) is 0 Å². The van der Waals surface area contributed by atoms with Gasteiger partial charge in [-0.05, 0) is 46.0 Å². The van der Waals surface area contributed by atoms with Crippen LogP contribution in [0.1, 0.15) is 53.9 Å². The van der Waals surface area contributed by atoms with E-state index in [1.54, 1.807) is 20.8 Å². The Morgan fingerprint density at radius 2 is 1.96 bits per heavy atom. The number of alkyl carbamates (subject to hydrolysis) is 1. The SMILES string of the molecule is CC(C)C[C@H](NC(=O)OC(C)(C)C)C(=O)N[C@H](CO)C[C@@H]1CCNC1=O. The fourth-order valence-electron chi connectivity index (χ4n) is 2.85. The maximum atomic E-state index is 12.6. The predicted molar refractivity (Wildman–Crippen MR) is 97.4 cm³/mol. The standard InChI is InChI=1S/C18H33N3O5/c1-11(2)8-14(21-17(25)26-18(3,4)5)16(24)20-13(10-22)9-12-6-7-19-15(12)23/h11-14,22H,6-10H2,1-5H3,(H,19,23)(H,20,24)(H,21,25)/t12-,13-,14-/m0/s1. The molecule has 1 aliphatic rings.